The van der Waals surface area contributed by atoms with Crippen LogP contribution >= 0.6 is 11.3 Å². The van der Waals surface area contributed by atoms with Crippen molar-refractivity contribution in [2.24, 2.45) is 0 Å². The van der Waals surface area contributed by atoms with Crippen molar-refractivity contribution < 1.29 is 27.5 Å². The number of alkyl halides is 3. The Hall–Kier alpha value is -2.42. The summed E-state index contributed by atoms with van der Waals surface area (Å²) in [5.41, 5.74) is 0.150. The van der Waals surface area contributed by atoms with Crippen LogP contribution < -0.4 is 4.74 Å². The number of halogens is 3. The molecule has 0 aliphatic carbocycles. The van der Waals surface area contributed by atoms with Crippen molar-refractivity contribution in [2.45, 2.75) is 25.1 Å². The third kappa shape index (κ3) is 4.21. The molecule has 1 amide bonds. The maximum absolute atomic E-state index is 12.6. The zero-order valence-corrected chi connectivity index (χ0v) is 14.3. The fraction of sp³-hybridized carbons (Fsp3) is 0.353. The summed E-state index contributed by atoms with van der Waals surface area (Å²) in [5, 5.41) is 2.45. The van der Waals surface area contributed by atoms with Gasteiger partial charge in [-0.1, -0.05) is 12.1 Å². The van der Waals surface area contributed by atoms with Gasteiger partial charge in [0.1, 0.15) is 11.4 Å². The Morgan fingerprint density at radius 2 is 1.96 bits per heavy atom. The summed E-state index contributed by atoms with van der Waals surface area (Å²) in [6.07, 6.45) is -1.87. The maximum atomic E-state index is 12.6. The number of thiazole rings is 1. The van der Waals surface area contributed by atoms with Crippen molar-refractivity contribution in [1.82, 2.24) is 9.88 Å². The van der Waals surface area contributed by atoms with Gasteiger partial charge in [-0.05, 0) is 25.0 Å². The van der Waals surface area contributed by atoms with Crippen LogP contribution in [-0.4, -0.2) is 41.5 Å². The number of amides is 1. The van der Waals surface area contributed by atoms with Crippen molar-refractivity contribution in [2.75, 3.05) is 13.1 Å². The van der Waals surface area contributed by atoms with Crippen molar-refractivity contribution >= 4 is 23.5 Å². The number of benzene rings is 1. The van der Waals surface area contributed by atoms with Gasteiger partial charge in [0.05, 0.1) is 10.6 Å². The summed E-state index contributed by atoms with van der Waals surface area (Å²) in [5.74, 6) is -0.879. The quantitative estimate of drug-likeness (QED) is 0.811. The number of piperidine rings is 1. The van der Waals surface area contributed by atoms with Crippen molar-refractivity contribution in [3.63, 3.8) is 0 Å². The van der Waals surface area contributed by atoms with Crippen molar-refractivity contribution in [3.05, 3.63) is 45.9 Å². The van der Waals surface area contributed by atoms with E-state index >= 15 is 0 Å². The zero-order chi connectivity index (χ0) is 18.7. The number of hydrogen-bond acceptors (Lipinski definition) is 5. The van der Waals surface area contributed by atoms with Crippen LogP contribution in [0.3, 0.4) is 0 Å². The van der Waals surface area contributed by atoms with Gasteiger partial charge in [-0.15, -0.1) is 24.5 Å². The number of hydrogen-bond donors (Lipinski definition) is 0. The summed E-state index contributed by atoms with van der Waals surface area (Å²) in [6.45, 7) is 0.785. The highest BCUT2D eigenvalue weighted by molar-refractivity contribution is 7.09. The van der Waals surface area contributed by atoms with Gasteiger partial charge >= 0.3 is 6.36 Å². The van der Waals surface area contributed by atoms with Crippen molar-refractivity contribution in [3.8, 4) is 5.75 Å². The normalized spacial score (nSPS) is 15.7. The third-order valence-corrected chi connectivity index (χ3v) is 5.11. The number of rotatable bonds is 4. The van der Waals surface area contributed by atoms with Crippen LogP contribution in [0.5, 0.6) is 5.75 Å². The van der Waals surface area contributed by atoms with Gasteiger partial charge in [-0.2, -0.15) is 0 Å². The largest absolute Gasteiger partial charge is 0.573 e. The number of para-hydroxylation sites is 1. The van der Waals surface area contributed by atoms with E-state index in [4.69, 9.17) is 0 Å². The van der Waals surface area contributed by atoms with E-state index < -0.39 is 18.0 Å². The van der Waals surface area contributed by atoms with E-state index in [0.717, 1.165) is 11.1 Å². The smallest absolute Gasteiger partial charge is 0.405 e. The minimum absolute atomic E-state index is 0.115. The first-order chi connectivity index (χ1) is 12.4. The molecule has 9 heteroatoms. The summed E-state index contributed by atoms with van der Waals surface area (Å²) < 4.78 is 41.5. The fourth-order valence-electron chi connectivity index (χ4n) is 2.88. The Bertz CT molecular complexity index is 799. The highest BCUT2D eigenvalue weighted by atomic mass is 32.1. The van der Waals surface area contributed by atoms with Crippen LogP contribution in [-0.2, 0) is 4.79 Å². The van der Waals surface area contributed by atoms with Gasteiger partial charge in [-0.25, -0.2) is 4.98 Å². The van der Waals surface area contributed by atoms with Crippen molar-refractivity contribution in [1.29, 1.82) is 0 Å². The second kappa shape index (κ2) is 7.45. The zero-order valence-electron chi connectivity index (χ0n) is 13.5. The van der Waals surface area contributed by atoms with Crippen LogP contribution in [0.15, 0.2) is 29.6 Å². The molecule has 1 aliphatic rings. The standard InChI is InChI=1S/C17H14F3N2O3S/c18-17(19,20)25-14-4-2-1-3-13(14)16(24)22-7-5-11(6-8-22)15-21-12(9-23)10-26-15/h1-4,10-11H,5-8H2. The second-order valence-electron chi connectivity index (χ2n) is 5.78. The summed E-state index contributed by atoms with van der Waals surface area (Å²) >= 11 is 1.37. The molecule has 1 radical (unpaired) electrons. The molecule has 1 fully saturated rings. The van der Waals surface area contributed by atoms with Gasteiger partial charge in [-0.3, -0.25) is 9.59 Å². The molecule has 5 nitrogen and oxygen atoms in total. The Balaban J connectivity index is 1.68. The number of aromatic nitrogens is 1. The first kappa shape index (κ1) is 18.4. The molecule has 0 spiro atoms. The summed E-state index contributed by atoms with van der Waals surface area (Å²) in [4.78, 5) is 28.9. The SMILES string of the molecule is O=[C]c1csc(C2CCN(C(=O)c3ccccc3OC(F)(F)F)CC2)n1. The monoisotopic (exact) mass is 383 g/mol. The van der Waals surface area contributed by atoms with E-state index in [1.165, 1.54) is 34.4 Å². The molecule has 1 aliphatic heterocycles. The van der Waals surface area contributed by atoms with Crippen LogP contribution in [0.25, 0.3) is 0 Å². The van der Waals surface area contributed by atoms with E-state index in [1.807, 2.05) is 0 Å². The molecule has 0 atom stereocenters. The van der Waals surface area contributed by atoms with Crippen LogP contribution in [0.4, 0.5) is 13.2 Å². The van der Waals surface area contributed by atoms with E-state index in [9.17, 15) is 22.8 Å². The fourth-order valence-corrected chi connectivity index (χ4v) is 3.79. The molecule has 1 aromatic heterocycles. The molecule has 26 heavy (non-hydrogen) atoms. The first-order valence-corrected chi connectivity index (χ1v) is 8.73. The average molecular weight is 383 g/mol. The van der Waals surface area contributed by atoms with Crippen LogP contribution in [0.1, 0.15) is 39.8 Å². The molecule has 2 aromatic rings. The number of likely N-dealkylation sites (tertiary alicyclic amines) is 1. The lowest BCUT2D eigenvalue weighted by atomic mass is 9.97. The lowest BCUT2D eigenvalue weighted by Crippen LogP contribution is -2.38. The van der Waals surface area contributed by atoms with Gasteiger partial charge in [0.15, 0.2) is 0 Å². The van der Waals surface area contributed by atoms with Crippen LogP contribution in [0, 0.1) is 0 Å². The molecule has 3 rings (SSSR count). The minimum Gasteiger partial charge on any atom is -0.405 e. The second-order valence-corrected chi connectivity index (χ2v) is 6.67. The molecule has 0 bridgehead atoms. The van der Waals surface area contributed by atoms with E-state index in [-0.39, 0.29) is 17.2 Å². The Morgan fingerprint density at radius 3 is 2.58 bits per heavy atom. The average Bonchev–Trinajstić information content (AvgIpc) is 3.10. The Morgan fingerprint density at radius 1 is 1.27 bits per heavy atom. The van der Waals surface area contributed by atoms with Crippen LogP contribution in [0.2, 0.25) is 0 Å². The van der Waals surface area contributed by atoms with Gasteiger partial charge in [0.2, 0.25) is 0 Å². The third-order valence-electron chi connectivity index (χ3n) is 4.10. The molecule has 2 heterocycles. The number of nitrogens with zero attached hydrogens (tertiary/aromatic N) is 2. The molecular weight excluding hydrogens is 369 g/mol. The molecule has 1 aromatic carbocycles. The molecule has 1 saturated heterocycles. The predicted molar refractivity (Wildman–Crippen MR) is 87.9 cm³/mol. The van der Waals surface area contributed by atoms with Gasteiger partial charge < -0.3 is 9.64 Å². The topological polar surface area (TPSA) is 59.5 Å². The highest BCUT2D eigenvalue weighted by Gasteiger charge is 2.34. The van der Waals surface area contributed by atoms with Gasteiger partial charge in [0, 0.05) is 24.4 Å². The molecular formula is C17H14F3N2O3S. The van der Waals surface area contributed by atoms with E-state index in [1.54, 1.807) is 11.7 Å². The number of carbonyl (C=O) groups is 1. The Kier molecular flexibility index (Phi) is 5.26. The lowest BCUT2D eigenvalue weighted by Gasteiger charge is -2.31. The predicted octanol–water partition coefficient (Wildman–Crippen LogP) is 3.52. The highest BCUT2D eigenvalue weighted by Crippen LogP contribution is 2.32. The Labute approximate surface area is 151 Å². The van der Waals surface area contributed by atoms with E-state index in [2.05, 4.69) is 9.72 Å². The van der Waals surface area contributed by atoms with E-state index in [0.29, 0.717) is 25.9 Å². The summed E-state index contributed by atoms with van der Waals surface area (Å²) in [7, 11) is 0. The minimum atomic E-state index is -4.86. The van der Waals surface area contributed by atoms with Gasteiger partial charge in [0.25, 0.3) is 12.2 Å². The number of ether oxygens (including phenoxy) is 1. The summed E-state index contributed by atoms with van der Waals surface area (Å²) in [6, 6.07) is 5.33. The lowest BCUT2D eigenvalue weighted by molar-refractivity contribution is -0.274. The molecule has 137 valence electrons. The molecule has 0 saturated carbocycles. The number of carbonyl (C=O) groups excluding carboxylic acids is 2. The molecule has 0 N–H and O–H groups in total. The molecule has 0 unspecified atom stereocenters. The first-order valence-electron chi connectivity index (χ1n) is 7.85. The maximum Gasteiger partial charge on any atom is 0.573 e.